The number of carbonyl (C=O) groups excluding carboxylic acids is 1. The van der Waals surface area contributed by atoms with Crippen LogP contribution in [-0.4, -0.2) is 66.5 Å². The van der Waals surface area contributed by atoms with Crippen LogP contribution in [0.4, 0.5) is 0 Å². The zero-order valence-corrected chi connectivity index (χ0v) is 13.6. The van der Waals surface area contributed by atoms with Crippen LogP contribution in [0.3, 0.4) is 0 Å². The molecular formula is C16H21N5O3. The number of tetrazole rings is 1. The minimum atomic E-state index is -1.07. The van der Waals surface area contributed by atoms with Gasteiger partial charge in [-0.15, -0.1) is 10.2 Å². The van der Waals surface area contributed by atoms with Gasteiger partial charge in [-0.1, -0.05) is 12.1 Å². The predicted octanol–water partition coefficient (Wildman–Crippen LogP) is 0.227. The van der Waals surface area contributed by atoms with Crippen LogP contribution in [0.25, 0.3) is 11.4 Å². The average molecular weight is 331 g/mol. The number of nitrogens with zero attached hydrogens (tertiary/aromatic N) is 5. The predicted molar refractivity (Wildman–Crippen MR) is 86.0 cm³/mol. The molecule has 2 aromatic rings. The molecule has 1 fully saturated rings. The highest BCUT2D eigenvalue weighted by Crippen LogP contribution is 2.23. The van der Waals surface area contributed by atoms with Gasteiger partial charge >= 0.3 is 0 Å². The van der Waals surface area contributed by atoms with Crippen LogP contribution < -0.4 is 0 Å². The minimum Gasteiger partial charge on any atom is -0.393 e. The largest absolute Gasteiger partial charge is 0.393 e. The van der Waals surface area contributed by atoms with Crippen LogP contribution in [0.1, 0.15) is 29.6 Å². The van der Waals surface area contributed by atoms with Crippen molar-refractivity contribution in [2.45, 2.75) is 24.9 Å². The number of amides is 1. The number of benzene rings is 1. The molecule has 2 heterocycles. The van der Waals surface area contributed by atoms with Crippen molar-refractivity contribution in [3.63, 3.8) is 0 Å². The molecule has 0 unspecified atom stereocenters. The highest BCUT2D eigenvalue weighted by molar-refractivity contribution is 5.94. The molecule has 8 heteroatoms. The highest BCUT2D eigenvalue weighted by Gasteiger charge is 2.31. The second-order valence-electron chi connectivity index (χ2n) is 6.21. The molecule has 0 saturated carbocycles. The molecule has 1 aromatic heterocycles. The number of carbonyl (C=O) groups is 1. The van der Waals surface area contributed by atoms with Gasteiger partial charge in [-0.2, -0.15) is 4.80 Å². The maximum Gasteiger partial charge on any atom is 0.253 e. The lowest BCUT2D eigenvalue weighted by Crippen LogP contribution is -2.36. The van der Waals surface area contributed by atoms with E-state index in [-0.39, 0.29) is 12.5 Å². The number of likely N-dealkylation sites (tertiary alicyclic amines) is 1. The summed E-state index contributed by atoms with van der Waals surface area (Å²) in [5, 5.41) is 31.3. The molecule has 0 bridgehead atoms. The summed E-state index contributed by atoms with van der Waals surface area (Å²) in [4.78, 5) is 15.7. The Bertz CT molecular complexity index is 715. The average Bonchev–Trinajstić information content (AvgIpc) is 2.93. The lowest BCUT2D eigenvalue weighted by molar-refractivity contribution is -0.0250. The molecule has 2 N–H and O–H groups in total. The fourth-order valence-corrected chi connectivity index (χ4v) is 2.88. The molecule has 128 valence electrons. The molecule has 3 rings (SSSR count). The summed E-state index contributed by atoms with van der Waals surface area (Å²) in [7, 11) is 1.70. The molecule has 1 aliphatic heterocycles. The van der Waals surface area contributed by atoms with E-state index in [1.54, 1.807) is 36.2 Å². The Labute approximate surface area is 139 Å². The first-order chi connectivity index (χ1) is 11.5. The summed E-state index contributed by atoms with van der Waals surface area (Å²) in [6, 6.07) is 7.09. The molecule has 1 amide bonds. The van der Waals surface area contributed by atoms with E-state index in [0.717, 1.165) is 5.56 Å². The fourth-order valence-electron chi connectivity index (χ4n) is 2.88. The van der Waals surface area contributed by atoms with Gasteiger partial charge in [0.2, 0.25) is 5.82 Å². The molecule has 24 heavy (non-hydrogen) atoms. The lowest BCUT2D eigenvalue weighted by atomic mass is 9.96. The van der Waals surface area contributed by atoms with E-state index in [9.17, 15) is 15.0 Å². The number of hydrogen-bond acceptors (Lipinski definition) is 6. The van der Waals surface area contributed by atoms with Gasteiger partial charge < -0.3 is 15.1 Å². The molecule has 1 aliphatic rings. The van der Waals surface area contributed by atoms with E-state index in [1.165, 1.54) is 4.80 Å². The van der Waals surface area contributed by atoms with E-state index in [4.69, 9.17) is 0 Å². The second-order valence-corrected chi connectivity index (χ2v) is 6.21. The minimum absolute atomic E-state index is 0.0733. The van der Waals surface area contributed by atoms with Crippen LogP contribution in [0.2, 0.25) is 0 Å². The first-order valence-corrected chi connectivity index (χ1v) is 7.98. The number of aryl methyl sites for hydroxylation is 1. The maximum atomic E-state index is 12.6. The van der Waals surface area contributed by atoms with E-state index in [2.05, 4.69) is 15.4 Å². The van der Waals surface area contributed by atoms with Gasteiger partial charge in [0.1, 0.15) is 0 Å². The van der Waals surface area contributed by atoms with Crippen molar-refractivity contribution in [3.05, 3.63) is 29.8 Å². The van der Waals surface area contributed by atoms with Crippen LogP contribution in [0.15, 0.2) is 24.3 Å². The van der Waals surface area contributed by atoms with Crippen LogP contribution in [0.5, 0.6) is 0 Å². The van der Waals surface area contributed by atoms with Crippen LogP contribution in [0, 0.1) is 0 Å². The SMILES string of the molecule is Cn1nnc(-c2ccc(C(=O)N3CCC[C@@](O)(CO)CC3)cc2)n1. The van der Waals surface area contributed by atoms with Crippen molar-refractivity contribution in [2.75, 3.05) is 19.7 Å². The van der Waals surface area contributed by atoms with Gasteiger partial charge in [0, 0.05) is 24.2 Å². The lowest BCUT2D eigenvalue weighted by Gasteiger charge is -2.24. The van der Waals surface area contributed by atoms with Crippen molar-refractivity contribution in [3.8, 4) is 11.4 Å². The summed E-state index contributed by atoms with van der Waals surface area (Å²) in [6.45, 7) is 0.743. The van der Waals surface area contributed by atoms with Crippen molar-refractivity contribution in [1.29, 1.82) is 0 Å². The highest BCUT2D eigenvalue weighted by atomic mass is 16.3. The van der Waals surface area contributed by atoms with E-state index in [0.29, 0.717) is 43.7 Å². The zero-order valence-electron chi connectivity index (χ0n) is 13.6. The molecule has 1 atom stereocenters. The number of aliphatic hydroxyl groups excluding tert-OH is 1. The van der Waals surface area contributed by atoms with Crippen LogP contribution in [-0.2, 0) is 7.05 Å². The summed E-state index contributed by atoms with van der Waals surface area (Å²) in [5.41, 5.74) is 0.304. The summed E-state index contributed by atoms with van der Waals surface area (Å²) < 4.78 is 0. The number of aromatic nitrogens is 4. The first-order valence-electron chi connectivity index (χ1n) is 7.98. The van der Waals surface area contributed by atoms with E-state index >= 15 is 0 Å². The topological polar surface area (TPSA) is 104 Å². The second kappa shape index (κ2) is 6.66. The van der Waals surface area contributed by atoms with Crippen molar-refractivity contribution in [1.82, 2.24) is 25.1 Å². The Morgan fingerprint density at radius 2 is 2.00 bits per heavy atom. The normalized spacial score (nSPS) is 21.5. The van der Waals surface area contributed by atoms with Crippen molar-refractivity contribution in [2.24, 2.45) is 7.05 Å². The van der Waals surface area contributed by atoms with Gasteiger partial charge in [-0.05, 0) is 36.6 Å². The fraction of sp³-hybridized carbons (Fsp3) is 0.500. The summed E-state index contributed by atoms with van der Waals surface area (Å²) >= 11 is 0. The number of hydrogen-bond donors (Lipinski definition) is 2. The van der Waals surface area contributed by atoms with E-state index in [1.807, 2.05) is 0 Å². The monoisotopic (exact) mass is 331 g/mol. The van der Waals surface area contributed by atoms with Gasteiger partial charge in [0.15, 0.2) is 0 Å². The van der Waals surface area contributed by atoms with Gasteiger partial charge in [-0.3, -0.25) is 4.79 Å². The van der Waals surface area contributed by atoms with Crippen molar-refractivity contribution < 1.29 is 15.0 Å². The van der Waals surface area contributed by atoms with Gasteiger partial charge in [0.05, 0.1) is 19.3 Å². The van der Waals surface area contributed by atoms with Gasteiger partial charge in [0.25, 0.3) is 5.91 Å². The standard InChI is InChI=1S/C16H21N5O3/c1-20-18-14(17-19-20)12-3-5-13(6-4-12)15(23)21-9-2-7-16(24,11-22)8-10-21/h3-6,22,24H,2,7-11H2,1H3/t16-/m0/s1. The Balaban J connectivity index is 1.71. The number of rotatable bonds is 3. The third-order valence-electron chi connectivity index (χ3n) is 4.40. The molecule has 8 nitrogen and oxygen atoms in total. The van der Waals surface area contributed by atoms with E-state index < -0.39 is 5.60 Å². The molecular weight excluding hydrogens is 310 g/mol. The molecule has 1 saturated heterocycles. The third kappa shape index (κ3) is 3.44. The third-order valence-corrected chi connectivity index (χ3v) is 4.40. The van der Waals surface area contributed by atoms with Crippen LogP contribution >= 0.6 is 0 Å². The van der Waals surface area contributed by atoms with Crippen molar-refractivity contribution >= 4 is 5.91 Å². The Kier molecular flexibility index (Phi) is 4.59. The molecule has 0 spiro atoms. The zero-order chi connectivity index (χ0) is 17.2. The number of aliphatic hydroxyl groups is 2. The molecule has 0 radical (unpaired) electrons. The Morgan fingerprint density at radius 3 is 2.62 bits per heavy atom. The molecule has 1 aromatic carbocycles. The first kappa shape index (κ1) is 16.5. The summed E-state index contributed by atoms with van der Waals surface area (Å²) in [6.07, 6.45) is 1.56. The maximum absolute atomic E-state index is 12.6. The quantitative estimate of drug-likeness (QED) is 0.834. The summed E-state index contributed by atoms with van der Waals surface area (Å²) in [5.74, 6) is 0.440. The Morgan fingerprint density at radius 1 is 1.25 bits per heavy atom. The smallest absolute Gasteiger partial charge is 0.253 e. The van der Waals surface area contributed by atoms with Gasteiger partial charge in [-0.25, -0.2) is 0 Å². The molecule has 0 aliphatic carbocycles. The Hall–Kier alpha value is -2.32.